The Morgan fingerprint density at radius 2 is 2.21 bits per heavy atom. The van der Waals surface area contributed by atoms with E-state index in [4.69, 9.17) is 14.2 Å². The minimum absolute atomic E-state index is 0.0133. The average Bonchev–Trinajstić information content (AvgIpc) is 3.45. The quantitative estimate of drug-likeness (QED) is 0.496. The molecule has 3 atom stereocenters. The van der Waals surface area contributed by atoms with E-state index in [0.29, 0.717) is 18.4 Å². The molecule has 1 aromatic rings. The number of alkyl halides is 1. The Morgan fingerprint density at radius 1 is 1.41 bits per heavy atom. The molecule has 1 amide bonds. The minimum atomic E-state index is -0.553. The summed E-state index contributed by atoms with van der Waals surface area (Å²) >= 11 is 0. The number of ether oxygens (including phenoxy) is 3. The van der Waals surface area contributed by atoms with E-state index in [0.717, 1.165) is 25.2 Å². The number of rotatable bonds is 12. The molecule has 2 N–H and O–H groups in total. The predicted octanol–water partition coefficient (Wildman–Crippen LogP) is 1.03. The summed E-state index contributed by atoms with van der Waals surface area (Å²) in [6, 6.07) is 3.24. The van der Waals surface area contributed by atoms with Gasteiger partial charge in [-0.1, -0.05) is 0 Å². The van der Waals surface area contributed by atoms with Gasteiger partial charge in [0, 0.05) is 32.8 Å². The first kappa shape index (κ1) is 21.7. The van der Waals surface area contributed by atoms with Gasteiger partial charge in [-0.25, -0.2) is 9.37 Å². The van der Waals surface area contributed by atoms with Crippen molar-refractivity contribution in [1.29, 1.82) is 0 Å². The van der Waals surface area contributed by atoms with Crippen LogP contribution < -0.4 is 15.0 Å². The second-order valence-corrected chi connectivity index (χ2v) is 7.67. The Labute approximate surface area is 170 Å². The van der Waals surface area contributed by atoms with Gasteiger partial charge in [-0.3, -0.25) is 4.79 Å². The summed E-state index contributed by atoms with van der Waals surface area (Å²) in [5.74, 6) is 0.688. The normalized spacial score (nSPS) is 22.1. The summed E-state index contributed by atoms with van der Waals surface area (Å²) < 4.78 is 28.5. The molecule has 1 saturated heterocycles. The summed E-state index contributed by atoms with van der Waals surface area (Å²) in [5, 5.41) is 12.0. The first-order chi connectivity index (χ1) is 14.0. The van der Waals surface area contributed by atoms with Crippen LogP contribution >= 0.6 is 0 Å². The summed E-state index contributed by atoms with van der Waals surface area (Å²) in [5.41, 5.74) is 1.08. The van der Waals surface area contributed by atoms with E-state index in [1.807, 2.05) is 6.07 Å². The second kappa shape index (κ2) is 10.2. The van der Waals surface area contributed by atoms with E-state index >= 15 is 0 Å². The van der Waals surface area contributed by atoms with Crippen LogP contribution in [0.15, 0.2) is 12.1 Å². The van der Waals surface area contributed by atoms with Gasteiger partial charge in [0.15, 0.2) is 0 Å². The Balaban J connectivity index is 1.64. The van der Waals surface area contributed by atoms with Crippen LogP contribution in [-0.2, 0) is 9.47 Å². The van der Waals surface area contributed by atoms with Crippen molar-refractivity contribution in [2.75, 3.05) is 58.2 Å². The lowest BCUT2D eigenvalue weighted by molar-refractivity contribution is 0.0781. The van der Waals surface area contributed by atoms with Crippen LogP contribution in [0.1, 0.15) is 23.8 Å². The molecule has 0 radical (unpaired) electrons. The maximum absolute atomic E-state index is 12.5. The van der Waals surface area contributed by atoms with Gasteiger partial charge >= 0.3 is 0 Å². The van der Waals surface area contributed by atoms with Crippen molar-refractivity contribution < 1.29 is 28.5 Å². The minimum Gasteiger partial charge on any atom is -0.476 e. The molecule has 1 aliphatic carbocycles. The van der Waals surface area contributed by atoms with Crippen molar-refractivity contribution in [3.63, 3.8) is 0 Å². The highest BCUT2D eigenvalue weighted by atomic mass is 19.1. The lowest BCUT2D eigenvalue weighted by Gasteiger charge is -2.40. The van der Waals surface area contributed by atoms with Crippen LogP contribution in [0.2, 0.25) is 0 Å². The Morgan fingerprint density at radius 3 is 2.86 bits per heavy atom. The van der Waals surface area contributed by atoms with Crippen molar-refractivity contribution in [2.24, 2.45) is 11.8 Å². The number of amides is 1. The monoisotopic (exact) mass is 411 g/mol. The van der Waals surface area contributed by atoms with Crippen LogP contribution in [0, 0.1) is 11.8 Å². The van der Waals surface area contributed by atoms with Crippen molar-refractivity contribution in [3.8, 4) is 5.88 Å². The number of anilines is 1. The summed E-state index contributed by atoms with van der Waals surface area (Å²) in [6.45, 7) is 3.59. The number of carbonyl (C=O) groups is 1. The topological polar surface area (TPSA) is 93.2 Å². The molecule has 0 bridgehead atoms. The summed E-state index contributed by atoms with van der Waals surface area (Å²) in [6.07, 6.45) is 1.12. The first-order valence-electron chi connectivity index (χ1n) is 10.0. The first-order valence-corrected chi connectivity index (χ1v) is 10.0. The Hall–Kier alpha value is -1.97. The van der Waals surface area contributed by atoms with Gasteiger partial charge in [-0.05, 0) is 37.3 Å². The zero-order valence-electron chi connectivity index (χ0n) is 17.0. The lowest BCUT2D eigenvalue weighted by Crippen LogP contribution is -2.52. The lowest BCUT2D eigenvalue weighted by atomic mass is 10.1. The van der Waals surface area contributed by atoms with E-state index in [2.05, 4.69) is 15.2 Å². The molecule has 29 heavy (non-hydrogen) atoms. The van der Waals surface area contributed by atoms with E-state index in [-0.39, 0.29) is 49.5 Å². The highest BCUT2D eigenvalue weighted by Gasteiger charge is 2.37. The molecular formula is C20H30FN3O5. The fourth-order valence-electron chi connectivity index (χ4n) is 3.27. The number of methoxy groups -OCH3 is 1. The standard InChI is InChI=1S/C20H30FN3O5/c1-13(11-28-6-5-21)22-19(26)17-3-4-18(24-8-16(9-24)27-2)20(23-17)29-12-15-7-14(15)10-25/h3-4,13-16,25H,5-12H2,1-2H3,(H,22,26)/t13?,14-,15-/m1/s1. The average molecular weight is 411 g/mol. The number of aliphatic hydroxyl groups excluding tert-OH is 1. The maximum atomic E-state index is 12.5. The zero-order valence-corrected chi connectivity index (χ0v) is 17.0. The number of halogens is 1. The number of aliphatic hydroxyl groups is 1. The van der Waals surface area contributed by atoms with Crippen molar-refractivity contribution in [2.45, 2.75) is 25.5 Å². The third kappa shape index (κ3) is 5.77. The molecule has 0 aromatic carbocycles. The van der Waals surface area contributed by atoms with Crippen molar-refractivity contribution >= 4 is 11.6 Å². The maximum Gasteiger partial charge on any atom is 0.270 e. The summed E-state index contributed by atoms with van der Waals surface area (Å²) in [7, 11) is 1.69. The number of pyridine rings is 1. The third-order valence-corrected chi connectivity index (χ3v) is 5.30. The molecule has 162 valence electrons. The van der Waals surface area contributed by atoms with E-state index in [9.17, 15) is 14.3 Å². The fraction of sp³-hybridized carbons (Fsp3) is 0.700. The van der Waals surface area contributed by atoms with E-state index < -0.39 is 6.67 Å². The van der Waals surface area contributed by atoms with Gasteiger partial charge < -0.3 is 29.5 Å². The van der Waals surface area contributed by atoms with Crippen molar-refractivity contribution in [1.82, 2.24) is 10.3 Å². The van der Waals surface area contributed by atoms with Gasteiger partial charge in [-0.2, -0.15) is 0 Å². The summed E-state index contributed by atoms with van der Waals surface area (Å²) in [4.78, 5) is 19.1. The zero-order chi connectivity index (χ0) is 20.8. The van der Waals surface area contributed by atoms with Crippen LogP contribution in [0.25, 0.3) is 0 Å². The molecule has 2 heterocycles. The predicted molar refractivity (Wildman–Crippen MR) is 105 cm³/mol. The number of hydrogen-bond donors (Lipinski definition) is 2. The van der Waals surface area contributed by atoms with Gasteiger partial charge in [0.05, 0.1) is 25.9 Å². The van der Waals surface area contributed by atoms with Crippen LogP contribution in [0.3, 0.4) is 0 Å². The van der Waals surface area contributed by atoms with E-state index in [1.165, 1.54) is 0 Å². The molecule has 2 fully saturated rings. The second-order valence-electron chi connectivity index (χ2n) is 7.67. The van der Waals surface area contributed by atoms with E-state index in [1.54, 1.807) is 20.1 Å². The number of hydrogen-bond acceptors (Lipinski definition) is 7. The molecule has 1 aliphatic heterocycles. The van der Waals surface area contributed by atoms with Gasteiger partial charge in [0.2, 0.25) is 5.88 Å². The fourth-order valence-corrected chi connectivity index (χ4v) is 3.27. The highest BCUT2D eigenvalue weighted by Crippen LogP contribution is 2.39. The smallest absolute Gasteiger partial charge is 0.270 e. The Bertz CT molecular complexity index is 686. The molecular weight excluding hydrogens is 381 g/mol. The molecule has 8 nitrogen and oxygen atoms in total. The van der Waals surface area contributed by atoms with Gasteiger partial charge in [-0.15, -0.1) is 0 Å². The SMILES string of the molecule is COC1CN(c2ccc(C(=O)NC(C)COCCF)nc2OC[C@H]2C[C@@H]2CO)C1. The van der Waals surface area contributed by atoms with Crippen molar-refractivity contribution in [3.05, 3.63) is 17.8 Å². The highest BCUT2D eigenvalue weighted by molar-refractivity contribution is 5.93. The largest absolute Gasteiger partial charge is 0.476 e. The van der Waals surface area contributed by atoms with Crippen LogP contribution in [-0.4, -0.2) is 81.4 Å². The molecule has 3 rings (SSSR count). The van der Waals surface area contributed by atoms with Gasteiger partial charge in [0.1, 0.15) is 18.1 Å². The number of carbonyl (C=O) groups excluding carboxylic acids is 1. The van der Waals surface area contributed by atoms with Crippen LogP contribution in [0.5, 0.6) is 5.88 Å². The molecule has 1 aromatic heterocycles. The molecule has 1 saturated carbocycles. The number of nitrogens with zero attached hydrogens (tertiary/aromatic N) is 2. The Kier molecular flexibility index (Phi) is 7.63. The van der Waals surface area contributed by atoms with Gasteiger partial charge in [0.25, 0.3) is 5.91 Å². The molecule has 9 heteroatoms. The molecule has 2 aliphatic rings. The third-order valence-electron chi connectivity index (χ3n) is 5.30. The molecule has 1 unspecified atom stereocenters. The number of aromatic nitrogens is 1. The molecule has 0 spiro atoms. The van der Waals surface area contributed by atoms with Crippen LogP contribution in [0.4, 0.5) is 10.1 Å². The number of nitrogens with one attached hydrogen (secondary N) is 1.